The molecule has 2 rings (SSSR count). The Balaban J connectivity index is 2.00. The van der Waals surface area contributed by atoms with Gasteiger partial charge in [0.25, 0.3) is 0 Å². The Bertz CT molecular complexity index is 453. The zero-order chi connectivity index (χ0) is 13.8. The van der Waals surface area contributed by atoms with Gasteiger partial charge in [-0.25, -0.2) is 0 Å². The van der Waals surface area contributed by atoms with E-state index >= 15 is 0 Å². The van der Waals surface area contributed by atoms with E-state index in [2.05, 4.69) is 49.6 Å². The molecule has 19 heavy (non-hydrogen) atoms. The fourth-order valence-corrected chi connectivity index (χ4v) is 2.72. The zero-order valence-electron chi connectivity index (χ0n) is 11.7. The van der Waals surface area contributed by atoms with Crippen LogP contribution in [0.2, 0.25) is 0 Å². The van der Waals surface area contributed by atoms with Gasteiger partial charge in [0.15, 0.2) is 0 Å². The summed E-state index contributed by atoms with van der Waals surface area (Å²) < 4.78 is 0. The molecular formula is C15H22N2OS. The van der Waals surface area contributed by atoms with E-state index in [1.54, 1.807) is 0 Å². The maximum atomic E-state index is 11.8. The van der Waals surface area contributed by atoms with Gasteiger partial charge in [0, 0.05) is 38.3 Å². The van der Waals surface area contributed by atoms with Crippen LogP contribution in [0.15, 0.2) is 18.2 Å². The highest BCUT2D eigenvalue weighted by atomic mass is 32.1. The minimum Gasteiger partial charge on any atom is -0.368 e. The van der Waals surface area contributed by atoms with Gasteiger partial charge in [0.2, 0.25) is 5.91 Å². The molecule has 0 N–H and O–H groups in total. The summed E-state index contributed by atoms with van der Waals surface area (Å²) in [5.41, 5.74) is 3.98. The molecule has 0 atom stereocenters. The first kappa shape index (κ1) is 14.3. The maximum Gasteiger partial charge on any atom is 0.223 e. The molecule has 1 amide bonds. The average Bonchev–Trinajstić information content (AvgIpc) is 2.42. The maximum absolute atomic E-state index is 11.8. The van der Waals surface area contributed by atoms with Crippen LogP contribution in [0.5, 0.6) is 0 Å². The average molecular weight is 278 g/mol. The van der Waals surface area contributed by atoms with Gasteiger partial charge in [-0.1, -0.05) is 12.1 Å². The van der Waals surface area contributed by atoms with Crippen LogP contribution in [0.3, 0.4) is 0 Å². The molecule has 1 heterocycles. The van der Waals surface area contributed by atoms with Crippen molar-refractivity contribution in [2.45, 2.75) is 20.3 Å². The number of nitrogens with zero attached hydrogens (tertiary/aromatic N) is 2. The number of aryl methyl sites for hydroxylation is 1. The molecule has 1 aromatic carbocycles. The number of carbonyl (C=O) groups excluding carboxylic acids is 1. The fraction of sp³-hybridized carbons (Fsp3) is 0.533. The molecule has 0 bridgehead atoms. The van der Waals surface area contributed by atoms with E-state index in [-0.39, 0.29) is 5.91 Å². The summed E-state index contributed by atoms with van der Waals surface area (Å²) in [6.07, 6.45) is 0.548. The van der Waals surface area contributed by atoms with E-state index in [1.807, 2.05) is 4.90 Å². The standard InChI is InChI=1S/C15H22N2OS/c1-12-4-3-5-14(13(12)2)16-7-9-17(10-8-16)15(18)6-11-19/h3-5,19H,6-11H2,1-2H3. The Kier molecular flexibility index (Phi) is 4.75. The molecular weight excluding hydrogens is 256 g/mol. The first-order chi connectivity index (χ1) is 9.13. The number of benzene rings is 1. The molecule has 0 aromatic heterocycles. The van der Waals surface area contributed by atoms with E-state index in [0.29, 0.717) is 12.2 Å². The van der Waals surface area contributed by atoms with Crippen molar-refractivity contribution in [3.05, 3.63) is 29.3 Å². The Morgan fingerprint density at radius 1 is 1.21 bits per heavy atom. The number of piperazine rings is 1. The van der Waals surface area contributed by atoms with E-state index in [4.69, 9.17) is 0 Å². The second-order valence-electron chi connectivity index (χ2n) is 5.06. The third-order valence-corrected chi connectivity index (χ3v) is 4.10. The lowest BCUT2D eigenvalue weighted by Crippen LogP contribution is -2.49. The van der Waals surface area contributed by atoms with Crippen molar-refractivity contribution in [1.82, 2.24) is 4.90 Å². The second kappa shape index (κ2) is 6.33. The van der Waals surface area contributed by atoms with Gasteiger partial charge in [0.1, 0.15) is 0 Å². The molecule has 1 saturated heterocycles. The molecule has 1 aliphatic heterocycles. The number of carbonyl (C=O) groups is 1. The van der Waals surface area contributed by atoms with Crippen molar-refractivity contribution in [2.24, 2.45) is 0 Å². The van der Waals surface area contributed by atoms with Crippen LogP contribution in [0.25, 0.3) is 0 Å². The first-order valence-corrected chi connectivity index (χ1v) is 7.46. The van der Waals surface area contributed by atoms with Crippen molar-refractivity contribution in [3.63, 3.8) is 0 Å². The molecule has 0 unspecified atom stereocenters. The first-order valence-electron chi connectivity index (χ1n) is 6.83. The summed E-state index contributed by atoms with van der Waals surface area (Å²) in [6, 6.07) is 6.43. The Morgan fingerprint density at radius 2 is 1.89 bits per heavy atom. The number of thiol groups is 1. The smallest absolute Gasteiger partial charge is 0.223 e. The van der Waals surface area contributed by atoms with E-state index in [1.165, 1.54) is 16.8 Å². The highest BCUT2D eigenvalue weighted by molar-refractivity contribution is 7.80. The summed E-state index contributed by atoms with van der Waals surface area (Å²) in [4.78, 5) is 16.2. The van der Waals surface area contributed by atoms with Gasteiger partial charge in [0.05, 0.1) is 0 Å². The van der Waals surface area contributed by atoms with Crippen LogP contribution >= 0.6 is 12.6 Å². The summed E-state index contributed by atoms with van der Waals surface area (Å²) in [7, 11) is 0. The topological polar surface area (TPSA) is 23.6 Å². The molecule has 4 heteroatoms. The molecule has 0 spiro atoms. The monoisotopic (exact) mass is 278 g/mol. The predicted octanol–water partition coefficient (Wildman–Crippen LogP) is 2.27. The summed E-state index contributed by atoms with van der Waals surface area (Å²) in [6.45, 7) is 7.79. The van der Waals surface area contributed by atoms with Crippen LogP contribution in [-0.2, 0) is 4.79 Å². The molecule has 0 aliphatic carbocycles. The van der Waals surface area contributed by atoms with Gasteiger partial charge in [-0.2, -0.15) is 12.6 Å². The fourth-order valence-electron chi connectivity index (χ4n) is 2.53. The van der Waals surface area contributed by atoms with E-state index < -0.39 is 0 Å². The van der Waals surface area contributed by atoms with Gasteiger partial charge in [-0.15, -0.1) is 0 Å². The molecule has 1 aliphatic rings. The zero-order valence-corrected chi connectivity index (χ0v) is 12.6. The minimum absolute atomic E-state index is 0.232. The SMILES string of the molecule is Cc1cccc(N2CCN(C(=O)CCS)CC2)c1C. The van der Waals surface area contributed by atoms with Crippen LogP contribution in [-0.4, -0.2) is 42.7 Å². The predicted molar refractivity (Wildman–Crippen MR) is 83.2 cm³/mol. The Labute approximate surface area is 121 Å². The van der Waals surface area contributed by atoms with Crippen molar-refractivity contribution >= 4 is 24.2 Å². The molecule has 104 valence electrons. The highest BCUT2D eigenvalue weighted by Crippen LogP contribution is 2.23. The van der Waals surface area contributed by atoms with Crippen LogP contribution in [0.4, 0.5) is 5.69 Å². The number of amides is 1. The largest absolute Gasteiger partial charge is 0.368 e. The van der Waals surface area contributed by atoms with Gasteiger partial charge >= 0.3 is 0 Å². The summed E-state index contributed by atoms with van der Waals surface area (Å²) >= 11 is 4.12. The number of hydrogen-bond acceptors (Lipinski definition) is 3. The van der Waals surface area contributed by atoms with E-state index in [0.717, 1.165) is 26.2 Å². The molecule has 1 fully saturated rings. The van der Waals surface area contributed by atoms with Gasteiger partial charge in [-0.05, 0) is 36.8 Å². The quantitative estimate of drug-likeness (QED) is 0.858. The van der Waals surface area contributed by atoms with Gasteiger partial charge in [-0.3, -0.25) is 4.79 Å². The molecule has 0 radical (unpaired) electrons. The minimum atomic E-state index is 0.232. The van der Waals surface area contributed by atoms with Crippen molar-refractivity contribution in [3.8, 4) is 0 Å². The highest BCUT2D eigenvalue weighted by Gasteiger charge is 2.21. The Hall–Kier alpha value is -1.16. The van der Waals surface area contributed by atoms with Gasteiger partial charge < -0.3 is 9.80 Å². The number of hydrogen-bond donors (Lipinski definition) is 1. The van der Waals surface area contributed by atoms with Crippen LogP contribution in [0, 0.1) is 13.8 Å². The third-order valence-electron chi connectivity index (χ3n) is 3.87. The molecule has 0 saturated carbocycles. The van der Waals surface area contributed by atoms with Crippen molar-refractivity contribution in [1.29, 1.82) is 0 Å². The third kappa shape index (κ3) is 3.24. The molecule has 3 nitrogen and oxygen atoms in total. The number of anilines is 1. The lowest BCUT2D eigenvalue weighted by molar-refractivity contribution is -0.131. The number of rotatable bonds is 3. The van der Waals surface area contributed by atoms with Crippen molar-refractivity contribution in [2.75, 3.05) is 36.8 Å². The van der Waals surface area contributed by atoms with Crippen LogP contribution in [0.1, 0.15) is 17.5 Å². The lowest BCUT2D eigenvalue weighted by atomic mass is 10.1. The summed E-state index contributed by atoms with van der Waals surface area (Å²) in [5, 5.41) is 0. The Morgan fingerprint density at radius 3 is 2.53 bits per heavy atom. The lowest BCUT2D eigenvalue weighted by Gasteiger charge is -2.37. The second-order valence-corrected chi connectivity index (χ2v) is 5.51. The normalized spacial score (nSPS) is 15.7. The molecule has 1 aromatic rings. The van der Waals surface area contributed by atoms with E-state index in [9.17, 15) is 4.79 Å². The summed E-state index contributed by atoms with van der Waals surface area (Å²) in [5.74, 6) is 0.867. The van der Waals surface area contributed by atoms with Crippen LogP contribution < -0.4 is 4.90 Å². The van der Waals surface area contributed by atoms with Crippen molar-refractivity contribution < 1.29 is 4.79 Å².